The minimum absolute atomic E-state index is 0.0288. The molecule has 0 heterocycles. The van der Waals surface area contributed by atoms with Crippen LogP contribution in [0.5, 0.6) is 0 Å². The van der Waals surface area contributed by atoms with Crippen molar-refractivity contribution in [3.8, 4) is 0 Å². The van der Waals surface area contributed by atoms with Crippen LogP contribution in [0.4, 0.5) is 5.69 Å². The van der Waals surface area contributed by atoms with Crippen LogP contribution in [0, 0.1) is 10.1 Å². The molecule has 2 rings (SSSR count). The molecule has 96 valence electrons. The zero-order chi connectivity index (χ0) is 13.1. The monoisotopic (exact) mass is 249 g/mol. The summed E-state index contributed by atoms with van der Waals surface area (Å²) in [5.74, 6) is -0.429. The van der Waals surface area contributed by atoms with Crippen LogP contribution in [-0.2, 0) is 29.0 Å². The average Bonchev–Trinajstić information content (AvgIpc) is 2.35. The maximum atomic E-state index is 11.0. The lowest BCUT2D eigenvalue weighted by molar-refractivity contribution is -0.385. The number of nitrogens with zero attached hydrogens (tertiary/aromatic N) is 1. The number of hydrogen-bond acceptors (Lipinski definition) is 4. The summed E-state index contributed by atoms with van der Waals surface area (Å²) in [6.07, 6.45) is 4.02. The van der Waals surface area contributed by atoms with Gasteiger partial charge in [0.25, 0.3) is 5.69 Å². The molecule has 0 saturated carbocycles. The molecule has 0 radical (unpaired) electrons. The van der Waals surface area contributed by atoms with E-state index in [4.69, 9.17) is 4.74 Å². The van der Waals surface area contributed by atoms with Crippen LogP contribution in [-0.4, -0.2) is 10.9 Å². The first-order valence-electron chi connectivity index (χ1n) is 6.00. The molecular formula is C13H15NO4. The summed E-state index contributed by atoms with van der Waals surface area (Å²) >= 11 is 0. The van der Waals surface area contributed by atoms with E-state index in [-0.39, 0.29) is 12.3 Å². The molecule has 1 aromatic rings. The Morgan fingerprint density at radius 1 is 1.33 bits per heavy atom. The van der Waals surface area contributed by atoms with Crippen molar-refractivity contribution in [2.75, 3.05) is 0 Å². The van der Waals surface area contributed by atoms with E-state index in [2.05, 4.69) is 0 Å². The molecule has 1 aromatic carbocycles. The Labute approximate surface area is 105 Å². The SMILES string of the molecule is CC(=O)OCc1cc2c(cc1[N+](=O)[O-])CCCC2. The van der Waals surface area contributed by atoms with Crippen molar-refractivity contribution >= 4 is 11.7 Å². The molecule has 0 atom stereocenters. The van der Waals surface area contributed by atoms with Crippen LogP contribution in [0.25, 0.3) is 0 Å². The van der Waals surface area contributed by atoms with E-state index < -0.39 is 10.9 Å². The standard InChI is InChI=1S/C13H15NO4/c1-9(15)18-8-12-6-10-4-2-3-5-11(10)7-13(12)14(16)17/h6-7H,2-5,8H2,1H3. The second kappa shape index (κ2) is 5.16. The fourth-order valence-corrected chi connectivity index (χ4v) is 2.29. The maximum Gasteiger partial charge on any atom is 0.302 e. The summed E-state index contributed by atoms with van der Waals surface area (Å²) in [5, 5.41) is 11.0. The largest absolute Gasteiger partial charge is 0.461 e. The lowest BCUT2D eigenvalue weighted by atomic mass is 9.89. The molecule has 1 aliphatic rings. The number of esters is 1. The number of nitro benzene ring substituents is 1. The van der Waals surface area contributed by atoms with Crippen molar-refractivity contribution in [1.29, 1.82) is 0 Å². The highest BCUT2D eigenvalue weighted by Gasteiger charge is 2.20. The van der Waals surface area contributed by atoms with Gasteiger partial charge in [-0.15, -0.1) is 0 Å². The molecule has 0 aliphatic heterocycles. The van der Waals surface area contributed by atoms with Crippen LogP contribution in [0.3, 0.4) is 0 Å². The van der Waals surface area contributed by atoms with Crippen LogP contribution in [0.15, 0.2) is 12.1 Å². The third-order valence-electron chi connectivity index (χ3n) is 3.17. The van der Waals surface area contributed by atoms with E-state index in [0.29, 0.717) is 5.56 Å². The third-order valence-corrected chi connectivity index (χ3v) is 3.17. The van der Waals surface area contributed by atoms with Crippen LogP contribution >= 0.6 is 0 Å². The Morgan fingerprint density at radius 3 is 2.50 bits per heavy atom. The highest BCUT2D eigenvalue weighted by atomic mass is 16.6. The Balaban J connectivity index is 2.35. The summed E-state index contributed by atoms with van der Waals surface area (Å²) in [6, 6.07) is 3.45. The zero-order valence-electron chi connectivity index (χ0n) is 10.3. The summed E-state index contributed by atoms with van der Waals surface area (Å²) in [5.41, 5.74) is 2.74. The number of nitro groups is 1. The summed E-state index contributed by atoms with van der Waals surface area (Å²) in [6.45, 7) is 1.27. The molecule has 18 heavy (non-hydrogen) atoms. The van der Waals surface area contributed by atoms with Gasteiger partial charge in [-0.1, -0.05) is 0 Å². The van der Waals surface area contributed by atoms with Gasteiger partial charge < -0.3 is 4.74 Å². The molecule has 0 saturated heterocycles. The van der Waals surface area contributed by atoms with Gasteiger partial charge in [0.05, 0.1) is 10.5 Å². The highest BCUT2D eigenvalue weighted by molar-refractivity contribution is 5.66. The maximum absolute atomic E-state index is 11.0. The minimum atomic E-state index is -0.429. The Bertz CT molecular complexity index is 496. The number of carbonyl (C=O) groups excluding carboxylic acids is 1. The van der Waals surface area contributed by atoms with Gasteiger partial charge in [0.15, 0.2) is 0 Å². The van der Waals surface area contributed by atoms with E-state index in [9.17, 15) is 14.9 Å². The first-order valence-corrected chi connectivity index (χ1v) is 6.00. The van der Waals surface area contributed by atoms with Gasteiger partial charge in [0.1, 0.15) is 6.61 Å². The van der Waals surface area contributed by atoms with Gasteiger partial charge in [-0.3, -0.25) is 14.9 Å². The summed E-state index contributed by atoms with van der Waals surface area (Å²) < 4.78 is 4.87. The van der Waals surface area contributed by atoms with E-state index >= 15 is 0 Å². The number of hydrogen-bond donors (Lipinski definition) is 0. The van der Waals surface area contributed by atoms with Gasteiger partial charge in [0.2, 0.25) is 0 Å². The summed E-state index contributed by atoms with van der Waals surface area (Å²) in [7, 11) is 0. The van der Waals surface area contributed by atoms with Crippen LogP contribution < -0.4 is 0 Å². The lowest BCUT2D eigenvalue weighted by Crippen LogP contribution is -2.08. The van der Waals surface area contributed by atoms with Gasteiger partial charge >= 0.3 is 5.97 Å². The Hall–Kier alpha value is -1.91. The topological polar surface area (TPSA) is 69.4 Å². The van der Waals surface area contributed by atoms with Gasteiger partial charge in [-0.05, 0) is 42.9 Å². The van der Waals surface area contributed by atoms with Gasteiger partial charge in [-0.2, -0.15) is 0 Å². The van der Waals surface area contributed by atoms with E-state index in [0.717, 1.165) is 36.8 Å². The number of ether oxygens (including phenoxy) is 1. The Morgan fingerprint density at radius 2 is 1.94 bits per heavy atom. The predicted molar refractivity (Wildman–Crippen MR) is 65.2 cm³/mol. The first-order chi connectivity index (χ1) is 8.58. The zero-order valence-corrected chi connectivity index (χ0v) is 10.3. The third kappa shape index (κ3) is 2.67. The second-order valence-electron chi connectivity index (χ2n) is 4.49. The van der Waals surface area contributed by atoms with Crippen molar-refractivity contribution in [2.45, 2.75) is 39.2 Å². The summed E-state index contributed by atoms with van der Waals surface area (Å²) in [4.78, 5) is 21.4. The highest BCUT2D eigenvalue weighted by Crippen LogP contribution is 2.29. The average molecular weight is 249 g/mol. The second-order valence-corrected chi connectivity index (χ2v) is 4.49. The molecule has 5 heteroatoms. The molecule has 0 spiro atoms. The van der Waals surface area contributed by atoms with Crippen molar-refractivity contribution in [3.63, 3.8) is 0 Å². The number of benzene rings is 1. The smallest absolute Gasteiger partial charge is 0.302 e. The van der Waals surface area contributed by atoms with Gasteiger partial charge in [0, 0.05) is 13.0 Å². The molecule has 0 bridgehead atoms. The van der Waals surface area contributed by atoms with Crippen molar-refractivity contribution in [3.05, 3.63) is 38.9 Å². The van der Waals surface area contributed by atoms with E-state index in [1.54, 1.807) is 6.07 Å². The molecule has 1 aliphatic carbocycles. The number of fused-ring (bicyclic) bond motifs is 1. The first kappa shape index (κ1) is 12.5. The van der Waals surface area contributed by atoms with Crippen LogP contribution in [0.1, 0.15) is 36.5 Å². The number of rotatable bonds is 3. The normalized spacial score (nSPS) is 13.8. The fourth-order valence-electron chi connectivity index (χ4n) is 2.29. The molecule has 0 N–H and O–H groups in total. The number of aryl methyl sites for hydroxylation is 2. The molecule has 0 aromatic heterocycles. The quantitative estimate of drug-likeness (QED) is 0.469. The molecular weight excluding hydrogens is 234 g/mol. The molecule has 5 nitrogen and oxygen atoms in total. The van der Waals surface area contributed by atoms with Crippen LogP contribution in [0.2, 0.25) is 0 Å². The number of carbonyl (C=O) groups is 1. The van der Waals surface area contributed by atoms with E-state index in [1.165, 1.54) is 6.92 Å². The minimum Gasteiger partial charge on any atom is -0.461 e. The molecule has 0 unspecified atom stereocenters. The van der Waals surface area contributed by atoms with Crippen molar-refractivity contribution < 1.29 is 14.5 Å². The molecule has 0 amide bonds. The fraction of sp³-hybridized carbons (Fsp3) is 0.462. The van der Waals surface area contributed by atoms with Crippen molar-refractivity contribution in [2.24, 2.45) is 0 Å². The van der Waals surface area contributed by atoms with Gasteiger partial charge in [-0.25, -0.2) is 0 Å². The van der Waals surface area contributed by atoms with E-state index in [1.807, 2.05) is 6.07 Å². The Kier molecular flexibility index (Phi) is 3.60. The van der Waals surface area contributed by atoms with Crippen molar-refractivity contribution in [1.82, 2.24) is 0 Å². The lowest BCUT2D eigenvalue weighted by Gasteiger charge is -2.16. The molecule has 0 fully saturated rings. The predicted octanol–water partition coefficient (Wildman–Crippen LogP) is 2.54.